The molecule has 0 aliphatic carbocycles. The first-order valence-corrected chi connectivity index (χ1v) is 10.8. The van der Waals surface area contributed by atoms with E-state index in [1.165, 1.54) is 5.56 Å². The zero-order valence-electron chi connectivity index (χ0n) is 18.8. The van der Waals surface area contributed by atoms with Gasteiger partial charge in [0.05, 0.1) is 12.1 Å². The quantitative estimate of drug-likeness (QED) is 0.417. The summed E-state index contributed by atoms with van der Waals surface area (Å²) in [6.45, 7) is 5.93. The molecule has 0 aliphatic heterocycles. The molecule has 3 heterocycles. The molecule has 0 spiro atoms. The van der Waals surface area contributed by atoms with E-state index in [9.17, 15) is 0 Å². The maximum Gasteiger partial charge on any atom is 0.205 e. The van der Waals surface area contributed by atoms with Gasteiger partial charge in [-0.15, -0.1) is 16.1 Å². The average Bonchev–Trinajstić information content (AvgIpc) is 3.48. The number of hydrogen-bond acceptors (Lipinski definition) is 5. The molecule has 0 unspecified atom stereocenters. The lowest BCUT2D eigenvalue weighted by Crippen LogP contribution is -1.98. The van der Waals surface area contributed by atoms with E-state index in [1.54, 1.807) is 0 Å². The van der Waals surface area contributed by atoms with E-state index in [4.69, 9.17) is 10.1 Å². The molecule has 0 amide bonds. The molecule has 0 saturated carbocycles. The van der Waals surface area contributed by atoms with Crippen LogP contribution in [0.1, 0.15) is 35.1 Å². The number of nitrogens with zero attached hydrogens (tertiary/aromatic N) is 6. The van der Waals surface area contributed by atoms with Gasteiger partial charge in [0.1, 0.15) is 0 Å². The van der Waals surface area contributed by atoms with E-state index in [0.717, 1.165) is 51.4 Å². The normalized spacial score (nSPS) is 10.9. The second-order valence-electron chi connectivity index (χ2n) is 7.96. The number of H-pyrrole nitrogens is 1. The molecule has 7 heteroatoms. The maximum absolute atomic E-state index is 4.82. The van der Waals surface area contributed by atoms with Crippen molar-refractivity contribution in [2.24, 2.45) is 0 Å². The lowest BCUT2D eigenvalue weighted by molar-refractivity contribution is 0.862. The average molecular weight is 434 g/mol. The number of rotatable bonds is 5. The van der Waals surface area contributed by atoms with Crippen LogP contribution >= 0.6 is 0 Å². The van der Waals surface area contributed by atoms with Crippen molar-refractivity contribution in [1.29, 1.82) is 0 Å². The number of aryl methyl sites for hydroxylation is 2. The van der Waals surface area contributed by atoms with Gasteiger partial charge >= 0.3 is 0 Å². The number of nitrogens with one attached hydrogen (secondary N) is 1. The lowest BCUT2D eigenvalue weighted by Gasteiger charge is -2.08. The molecular formula is C26H23N7. The molecule has 1 N–H and O–H groups in total. The van der Waals surface area contributed by atoms with Crippen LogP contribution in [0.25, 0.3) is 28.2 Å². The van der Waals surface area contributed by atoms with Crippen molar-refractivity contribution in [1.82, 2.24) is 35.2 Å². The summed E-state index contributed by atoms with van der Waals surface area (Å²) in [7, 11) is 0. The van der Waals surface area contributed by atoms with E-state index in [1.807, 2.05) is 36.6 Å². The summed E-state index contributed by atoms with van der Waals surface area (Å²) in [5, 5.41) is 19.3. The summed E-state index contributed by atoms with van der Waals surface area (Å²) in [5.41, 5.74) is 9.38. The van der Waals surface area contributed by atoms with Crippen molar-refractivity contribution >= 4 is 5.65 Å². The molecule has 2 aromatic carbocycles. The molecule has 162 valence electrons. The highest BCUT2D eigenvalue weighted by Crippen LogP contribution is 2.30. The zero-order chi connectivity index (χ0) is 22.8. The summed E-state index contributed by atoms with van der Waals surface area (Å²) in [5.74, 6) is 6.73. The second-order valence-corrected chi connectivity index (χ2v) is 7.96. The Labute approximate surface area is 191 Å². The summed E-state index contributed by atoms with van der Waals surface area (Å²) >= 11 is 0. The number of hydrogen-bond donors (Lipinski definition) is 1. The summed E-state index contributed by atoms with van der Waals surface area (Å²) in [6.07, 6.45) is 1.36. The van der Waals surface area contributed by atoms with Crippen LogP contribution in [0.15, 0.2) is 54.6 Å². The minimum absolute atomic E-state index is 0.583. The SMILES string of the molecule is CC#CCc1nn2c(C)cc(C)nc2c1Cc1ccc(-c2ccccc2-c2nn[nH]n2)cc1. The Morgan fingerprint density at radius 3 is 2.52 bits per heavy atom. The third-order valence-electron chi connectivity index (χ3n) is 5.67. The van der Waals surface area contributed by atoms with Crippen molar-refractivity contribution in [2.45, 2.75) is 33.6 Å². The second kappa shape index (κ2) is 8.67. The largest absolute Gasteiger partial charge is 0.234 e. The smallest absolute Gasteiger partial charge is 0.205 e. The molecule has 5 rings (SSSR count). The van der Waals surface area contributed by atoms with Crippen LogP contribution in [0.5, 0.6) is 0 Å². The van der Waals surface area contributed by atoms with Gasteiger partial charge in [-0.1, -0.05) is 54.5 Å². The Bertz CT molecular complexity index is 1480. The third kappa shape index (κ3) is 3.99. The zero-order valence-corrected chi connectivity index (χ0v) is 18.8. The predicted octanol–water partition coefficient (Wildman–Crippen LogP) is 4.35. The van der Waals surface area contributed by atoms with Crippen LogP contribution in [-0.4, -0.2) is 35.2 Å². The predicted molar refractivity (Wildman–Crippen MR) is 127 cm³/mol. The highest BCUT2D eigenvalue weighted by atomic mass is 15.5. The molecule has 0 aliphatic rings. The van der Waals surface area contributed by atoms with Crippen molar-refractivity contribution in [3.8, 4) is 34.4 Å². The van der Waals surface area contributed by atoms with Crippen molar-refractivity contribution in [3.05, 3.63) is 82.8 Å². The molecule has 33 heavy (non-hydrogen) atoms. The van der Waals surface area contributed by atoms with Gasteiger partial charge < -0.3 is 0 Å². The maximum atomic E-state index is 4.82. The highest BCUT2D eigenvalue weighted by molar-refractivity contribution is 5.80. The summed E-state index contributed by atoms with van der Waals surface area (Å²) < 4.78 is 1.94. The first kappa shape index (κ1) is 20.6. The number of aromatic amines is 1. The van der Waals surface area contributed by atoms with Crippen molar-refractivity contribution in [3.63, 3.8) is 0 Å². The Balaban J connectivity index is 1.51. The monoisotopic (exact) mass is 433 g/mol. The van der Waals surface area contributed by atoms with Crippen LogP contribution < -0.4 is 0 Å². The minimum Gasteiger partial charge on any atom is -0.234 e. The van der Waals surface area contributed by atoms with Crippen molar-refractivity contribution < 1.29 is 0 Å². The van der Waals surface area contributed by atoms with E-state index >= 15 is 0 Å². The van der Waals surface area contributed by atoms with Crippen LogP contribution in [0, 0.1) is 25.7 Å². The Morgan fingerprint density at radius 1 is 1.00 bits per heavy atom. The fourth-order valence-corrected chi connectivity index (χ4v) is 4.12. The molecular weight excluding hydrogens is 410 g/mol. The van der Waals surface area contributed by atoms with Gasteiger partial charge in [-0.3, -0.25) is 0 Å². The summed E-state index contributed by atoms with van der Waals surface area (Å²) in [6, 6.07) is 18.7. The molecule has 0 radical (unpaired) electrons. The lowest BCUT2D eigenvalue weighted by atomic mass is 9.96. The molecule has 3 aromatic heterocycles. The fraction of sp³-hybridized carbons (Fsp3) is 0.192. The first-order chi connectivity index (χ1) is 16.1. The van der Waals surface area contributed by atoms with Gasteiger partial charge in [0.2, 0.25) is 5.82 Å². The molecule has 0 fully saturated rings. The van der Waals surface area contributed by atoms with Gasteiger partial charge in [0, 0.05) is 28.9 Å². The highest BCUT2D eigenvalue weighted by Gasteiger charge is 2.16. The molecule has 0 atom stereocenters. The van der Waals surface area contributed by atoms with Crippen LogP contribution in [0.2, 0.25) is 0 Å². The molecule has 0 saturated heterocycles. The van der Waals surface area contributed by atoms with Gasteiger partial charge in [0.25, 0.3) is 0 Å². The van der Waals surface area contributed by atoms with E-state index in [0.29, 0.717) is 12.2 Å². The van der Waals surface area contributed by atoms with Gasteiger partial charge in [0.15, 0.2) is 5.65 Å². The van der Waals surface area contributed by atoms with E-state index in [2.05, 4.69) is 75.8 Å². The van der Waals surface area contributed by atoms with E-state index in [-0.39, 0.29) is 0 Å². The van der Waals surface area contributed by atoms with Crippen molar-refractivity contribution in [2.75, 3.05) is 0 Å². The number of aromatic nitrogens is 7. The molecule has 7 nitrogen and oxygen atoms in total. The van der Waals surface area contributed by atoms with Crippen LogP contribution in [0.4, 0.5) is 0 Å². The summed E-state index contributed by atoms with van der Waals surface area (Å²) in [4.78, 5) is 4.80. The number of tetrazole rings is 1. The number of fused-ring (bicyclic) bond motifs is 1. The van der Waals surface area contributed by atoms with Crippen LogP contribution in [-0.2, 0) is 12.8 Å². The first-order valence-electron chi connectivity index (χ1n) is 10.8. The Hall–Kier alpha value is -4.31. The number of benzene rings is 2. The van der Waals surface area contributed by atoms with E-state index < -0.39 is 0 Å². The Morgan fingerprint density at radius 2 is 1.79 bits per heavy atom. The third-order valence-corrected chi connectivity index (χ3v) is 5.67. The molecule has 5 aromatic rings. The van der Waals surface area contributed by atoms with Gasteiger partial charge in [-0.2, -0.15) is 10.3 Å². The van der Waals surface area contributed by atoms with Gasteiger partial charge in [-0.05, 0) is 48.7 Å². The van der Waals surface area contributed by atoms with Crippen LogP contribution in [0.3, 0.4) is 0 Å². The standard InChI is InChI=1S/C26H23N7/c1-4-5-10-24-23(26-27-17(2)15-18(3)33(26)30-24)16-19-11-13-20(14-12-19)21-8-6-7-9-22(21)25-28-31-32-29-25/h6-9,11-15H,10,16H2,1-3H3,(H,28,29,31,32). The fourth-order valence-electron chi connectivity index (χ4n) is 4.12. The van der Waals surface area contributed by atoms with Gasteiger partial charge in [-0.25, -0.2) is 9.50 Å². The molecule has 0 bridgehead atoms. The topological polar surface area (TPSA) is 84.6 Å². The Kier molecular flexibility index (Phi) is 5.41. The minimum atomic E-state index is 0.583.